The fraction of sp³-hybridized carbons (Fsp3) is 0.250. The van der Waals surface area contributed by atoms with Crippen LogP contribution in [-0.2, 0) is 6.54 Å². The molecule has 2 heterocycles. The van der Waals surface area contributed by atoms with E-state index in [1.54, 1.807) is 17.8 Å². The van der Waals surface area contributed by atoms with Crippen LogP contribution in [0.25, 0.3) is 0 Å². The maximum absolute atomic E-state index is 12.2. The molecule has 1 aromatic carbocycles. The highest BCUT2D eigenvalue weighted by atomic mass is 127. The number of thioether (sulfide) groups is 1. The Morgan fingerprint density at radius 2 is 2.21 bits per heavy atom. The largest absolute Gasteiger partial charge is 0.290 e. The maximum atomic E-state index is 12.2. The summed E-state index contributed by atoms with van der Waals surface area (Å²) in [5.74, 6) is 1.45. The van der Waals surface area contributed by atoms with Crippen molar-refractivity contribution in [3.8, 4) is 0 Å². The Morgan fingerprint density at radius 3 is 3.05 bits per heavy atom. The number of nitrogens with one attached hydrogen (secondary N) is 1. The first-order valence-corrected chi connectivity index (χ1v) is 7.94. The van der Waals surface area contributed by atoms with Gasteiger partial charge in [-0.05, 0) is 41.1 Å². The SMILES string of the molecule is O=C(Nc1nnc2n1CCCS2)c1ccccc1I. The van der Waals surface area contributed by atoms with Crippen LogP contribution < -0.4 is 5.32 Å². The summed E-state index contributed by atoms with van der Waals surface area (Å²) in [6.07, 6.45) is 1.07. The second-order valence-electron chi connectivity index (χ2n) is 4.09. The average Bonchev–Trinajstić information content (AvgIpc) is 2.83. The van der Waals surface area contributed by atoms with Crippen LogP contribution in [0.4, 0.5) is 5.95 Å². The molecular formula is C12H11IN4OS. The van der Waals surface area contributed by atoms with Crippen molar-refractivity contribution in [2.75, 3.05) is 11.1 Å². The monoisotopic (exact) mass is 386 g/mol. The highest BCUT2D eigenvalue weighted by Crippen LogP contribution is 2.25. The van der Waals surface area contributed by atoms with Crippen LogP contribution in [0.2, 0.25) is 0 Å². The van der Waals surface area contributed by atoms with E-state index in [-0.39, 0.29) is 5.91 Å². The van der Waals surface area contributed by atoms with Gasteiger partial charge in [0.1, 0.15) is 0 Å². The van der Waals surface area contributed by atoms with Crippen LogP contribution in [0.3, 0.4) is 0 Å². The molecule has 1 amide bonds. The molecule has 3 rings (SSSR count). The summed E-state index contributed by atoms with van der Waals surface area (Å²) < 4.78 is 2.88. The zero-order valence-corrected chi connectivity index (χ0v) is 12.9. The molecule has 0 saturated heterocycles. The Balaban J connectivity index is 1.84. The summed E-state index contributed by atoms with van der Waals surface area (Å²) in [5.41, 5.74) is 0.656. The molecule has 5 nitrogen and oxygen atoms in total. The molecular weight excluding hydrogens is 375 g/mol. The van der Waals surface area contributed by atoms with Crippen molar-refractivity contribution in [2.24, 2.45) is 0 Å². The normalized spacial score (nSPS) is 13.9. The zero-order valence-electron chi connectivity index (χ0n) is 9.97. The van der Waals surface area contributed by atoms with Crippen molar-refractivity contribution >= 4 is 46.2 Å². The van der Waals surface area contributed by atoms with E-state index in [9.17, 15) is 4.79 Å². The van der Waals surface area contributed by atoms with Gasteiger partial charge in [-0.25, -0.2) is 0 Å². The first-order valence-electron chi connectivity index (χ1n) is 5.87. The molecule has 0 bridgehead atoms. The topological polar surface area (TPSA) is 59.8 Å². The third-order valence-corrected chi connectivity index (χ3v) is 4.81. The minimum Gasteiger partial charge on any atom is -0.290 e. The average molecular weight is 386 g/mol. The van der Waals surface area contributed by atoms with Crippen molar-refractivity contribution < 1.29 is 4.79 Å². The molecule has 98 valence electrons. The summed E-state index contributed by atoms with van der Waals surface area (Å²) in [6.45, 7) is 0.858. The van der Waals surface area contributed by atoms with Gasteiger partial charge in [-0.3, -0.25) is 14.7 Å². The molecule has 1 N–H and O–H groups in total. The Morgan fingerprint density at radius 1 is 1.37 bits per heavy atom. The van der Waals surface area contributed by atoms with Crippen molar-refractivity contribution in [3.63, 3.8) is 0 Å². The summed E-state index contributed by atoms with van der Waals surface area (Å²) in [7, 11) is 0. The molecule has 0 unspecified atom stereocenters. The Labute approximate surface area is 128 Å². The highest BCUT2D eigenvalue weighted by molar-refractivity contribution is 14.1. The number of amides is 1. The van der Waals surface area contributed by atoms with Gasteiger partial charge in [0.05, 0.1) is 5.56 Å². The number of anilines is 1. The Hall–Kier alpha value is -1.09. The molecule has 2 aromatic rings. The molecule has 0 radical (unpaired) electrons. The lowest BCUT2D eigenvalue weighted by atomic mass is 10.2. The summed E-state index contributed by atoms with van der Waals surface area (Å²) in [5, 5.41) is 11.9. The van der Waals surface area contributed by atoms with Gasteiger partial charge >= 0.3 is 0 Å². The quantitative estimate of drug-likeness (QED) is 0.807. The number of halogens is 1. The smallest absolute Gasteiger partial charge is 0.259 e. The van der Waals surface area contributed by atoms with Crippen LogP contribution >= 0.6 is 34.4 Å². The van der Waals surface area contributed by atoms with E-state index in [0.29, 0.717) is 11.5 Å². The molecule has 1 aliphatic rings. The highest BCUT2D eigenvalue weighted by Gasteiger charge is 2.19. The van der Waals surface area contributed by atoms with Gasteiger partial charge < -0.3 is 0 Å². The molecule has 0 atom stereocenters. The van der Waals surface area contributed by atoms with Crippen LogP contribution in [-0.4, -0.2) is 26.4 Å². The number of benzene rings is 1. The van der Waals surface area contributed by atoms with Gasteiger partial charge in [0.15, 0.2) is 5.16 Å². The van der Waals surface area contributed by atoms with Gasteiger partial charge in [0, 0.05) is 15.9 Å². The van der Waals surface area contributed by atoms with Crippen molar-refractivity contribution in [1.29, 1.82) is 0 Å². The molecule has 0 fully saturated rings. The van der Waals surface area contributed by atoms with Crippen molar-refractivity contribution in [1.82, 2.24) is 14.8 Å². The number of carbonyl (C=O) groups excluding carboxylic acids is 1. The predicted octanol–water partition coefficient (Wildman–Crippen LogP) is 2.63. The minimum absolute atomic E-state index is 0.143. The lowest BCUT2D eigenvalue weighted by Crippen LogP contribution is -2.18. The van der Waals surface area contributed by atoms with Gasteiger partial charge in [-0.15, -0.1) is 10.2 Å². The van der Waals surface area contributed by atoms with E-state index < -0.39 is 0 Å². The molecule has 0 saturated carbocycles. The molecule has 0 spiro atoms. The number of hydrogen-bond donors (Lipinski definition) is 1. The minimum atomic E-state index is -0.143. The summed E-state index contributed by atoms with van der Waals surface area (Å²) in [6, 6.07) is 7.48. The van der Waals surface area contributed by atoms with E-state index in [1.807, 2.05) is 22.8 Å². The molecule has 1 aromatic heterocycles. The van der Waals surface area contributed by atoms with Crippen LogP contribution in [0.1, 0.15) is 16.8 Å². The van der Waals surface area contributed by atoms with Gasteiger partial charge in [-0.2, -0.15) is 0 Å². The first-order chi connectivity index (χ1) is 9.25. The van der Waals surface area contributed by atoms with E-state index >= 15 is 0 Å². The maximum Gasteiger partial charge on any atom is 0.259 e. The number of aromatic nitrogens is 3. The summed E-state index contributed by atoms with van der Waals surface area (Å²) in [4.78, 5) is 12.2. The lowest BCUT2D eigenvalue weighted by molar-refractivity contribution is 0.102. The second kappa shape index (κ2) is 5.49. The fourth-order valence-corrected chi connectivity index (χ4v) is 3.41. The number of rotatable bonds is 2. The molecule has 1 aliphatic heterocycles. The van der Waals surface area contributed by atoms with Crippen LogP contribution in [0, 0.1) is 3.57 Å². The fourth-order valence-electron chi connectivity index (χ4n) is 1.89. The number of hydrogen-bond acceptors (Lipinski definition) is 4. The molecule has 7 heteroatoms. The van der Waals surface area contributed by atoms with Gasteiger partial charge in [0.2, 0.25) is 5.95 Å². The van der Waals surface area contributed by atoms with Gasteiger partial charge in [0.25, 0.3) is 5.91 Å². The van der Waals surface area contributed by atoms with Crippen molar-refractivity contribution in [3.05, 3.63) is 33.4 Å². The van der Waals surface area contributed by atoms with Crippen LogP contribution in [0.5, 0.6) is 0 Å². The first kappa shape index (κ1) is 12.9. The standard InChI is InChI=1S/C12H11IN4OS/c13-9-5-2-1-4-8(9)10(18)14-11-15-16-12-17(11)6-3-7-19-12/h1-2,4-5H,3,6-7H2,(H,14,15,18). The Bertz CT molecular complexity index is 628. The Kier molecular flexibility index (Phi) is 3.74. The second-order valence-corrected chi connectivity index (χ2v) is 6.32. The number of fused-ring (bicyclic) bond motifs is 1. The number of carbonyl (C=O) groups is 1. The van der Waals surface area contributed by atoms with E-state index in [0.717, 1.165) is 27.4 Å². The van der Waals surface area contributed by atoms with Crippen molar-refractivity contribution in [2.45, 2.75) is 18.1 Å². The third kappa shape index (κ3) is 2.62. The van der Waals surface area contributed by atoms with E-state index in [1.165, 1.54) is 0 Å². The lowest BCUT2D eigenvalue weighted by Gasteiger charge is -2.14. The van der Waals surface area contributed by atoms with Gasteiger partial charge in [-0.1, -0.05) is 23.9 Å². The summed E-state index contributed by atoms with van der Waals surface area (Å²) >= 11 is 3.82. The zero-order chi connectivity index (χ0) is 13.2. The van der Waals surface area contributed by atoms with E-state index in [4.69, 9.17) is 0 Å². The number of nitrogens with zero attached hydrogens (tertiary/aromatic N) is 3. The van der Waals surface area contributed by atoms with E-state index in [2.05, 4.69) is 38.1 Å². The molecule has 0 aliphatic carbocycles. The van der Waals surface area contributed by atoms with Crippen LogP contribution in [0.15, 0.2) is 29.4 Å². The molecule has 19 heavy (non-hydrogen) atoms. The predicted molar refractivity (Wildman–Crippen MR) is 82.5 cm³/mol. The third-order valence-electron chi connectivity index (χ3n) is 2.82.